The predicted molar refractivity (Wildman–Crippen MR) is 65.3 cm³/mol. The maximum Gasteiger partial charge on any atom is 0.0700 e. The van der Waals surface area contributed by atoms with E-state index in [2.05, 4.69) is 17.1 Å². The normalized spacial score (nSPS) is 33.4. The Labute approximate surface area is 96.5 Å². The number of nitrogens with two attached hydrogens (primary N) is 1. The molecule has 2 rings (SSSR count). The molecule has 0 saturated carbocycles. The average molecular weight is 230 g/mol. The second-order valence-electron chi connectivity index (χ2n) is 4.51. The van der Waals surface area contributed by atoms with Gasteiger partial charge in [-0.2, -0.15) is 11.8 Å². The van der Waals surface area contributed by atoms with E-state index in [1.165, 1.54) is 30.8 Å². The largest absolute Gasteiger partial charge is 0.377 e. The number of hydrogen-bond acceptors (Lipinski definition) is 4. The first-order chi connectivity index (χ1) is 7.40. The van der Waals surface area contributed by atoms with Crippen molar-refractivity contribution in [3.05, 3.63) is 0 Å². The van der Waals surface area contributed by atoms with Gasteiger partial charge in [-0.3, -0.25) is 0 Å². The quantitative estimate of drug-likeness (QED) is 0.734. The van der Waals surface area contributed by atoms with Gasteiger partial charge in [0, 0.05) is 25.7 Å². The zero-order valence-electron chi connectivity index (χ0n) is 9.28. The van der Waals surface area contributed by atoms with Crippen molar-refractivity contribution in [3.63, 3.8) is 0 Å². The van der Waals surface area contributed by atoms with Gasteiger partial charge in [-0.15, -0.1) is 0 Å². The zero-order valence-corrected chi connectivity index (χ0v) is 10.1. The van der Waals surface area contributed by atoms with Gasteiger partial charge in [0.15, 0.2) is 0 Å². The van der Waals surface area contributed by atoms with Gasteiger partial charge in [0.05, 0.1) is 6.10 Å². The van der Waals surface area contributed by atoms with Crippen molar-refractivity contribution in [2.45, 2.75) is 31.4 Å². The molecule has 3 nitrogen and oxygen atoms in total. The van der Waals surface area contributed by atoms with Gasteiger partial charge in [0.1, 0.15) is 0 Å². The van der Waals surface area contributed by atoms with Crippen LogP contribution in [0.4, 0.5) is 0 Å². The summed E-state index contributed by atoms with van der Waals surface area (Å²) in [4.78, 5) is 0. The van der Waals surface area contributed by atoms with Crippen molar-refractivity contribution in [1.29, 1.82) is 0 Å². The highest BCUT2D eigenvalue weighted by Gasteiger charge is 2.25. The van der Waals surface area contributed by atoms with Crippen LogP contribution in [0.5, 0.6) is 0 Å². The summed E-state index contributed by atoms with van der Waals surface area (Å²) < 4.78 is 5.60. The molecule has 88 valence electrons. The molecule has 2 saturated heterocycles. The molecule has 3 N–H and O–H groups in total. The van der Waals surface area contributed by atoms with E-state index in [9.17, 15) is 0 Å². The first-order valence-electron chi connectivity index (χ1n) is 6.03. The summed E-state index contributed by atoms with van der Waals surface area (Å²) in [7, 11) is 0. The SMILES string of the molecule is NCC(NCC1CCCO1)C1CCSC1. The first kappa shape index (κ1) is 11.7. The fraction of sp³-hybridized carbons (Fsp3) is 1.00. The lowest BCUT2D eigenvalue weighted by Gasteiger charge is -2.24. The molecule has 2 aliphatic rings. The molecule has 0 aliphatic carbocycles. The van der Waals surface area contributed by atoms with Crippen LogP contribution in [0.3, 0.4) is 0 Å². The van der Waals surface area contributed by atoms with E-state index in [0.29, 0.717) is 12.1 Å². The lowest BCUT2D eigenvalue weighted by Crippen LogP contribution is -2.45. The van der Waals surface area contributed by atoms with E-state index < -0.39 is 0 Å². The highest BCUT2D eigenvalue weighted by Crippen LogP contribution is 2.26. The Morgan fingerprint density at radius 2 is 2.40 bits per heavy atom. The molecule has 0 spiro atoms. The van der Waals surface area contributed by atoms with Crippen LogP contribution >= 0.6 is 11.8 Å². The molecule has 2 fully saturated rings. The van der Waals surface area contributed by atoms with Crippen LogP contribution in [0.25, 0.3) is 0 Å². The van der Waals surface area contributed by atoms with Crippen LogP contribution < -0.4 is 11.1 Å². The summed E-state index contributed by atoms with van der Waals surface area (Å²) in [5.74, 6) is 3.37. The lowest BCUT2D eigenvalue weighted by molar-refractivity contribution is 0.105. The summed E-state index contributed by atoms with van der Waals surface area (Å²) in [6, 6.07) is 0.504. The maximum absolute atomic E-state index is 5.82. The lowest BCUT2D eigenvalue weighted by atomic mass is 9.99. The van der Waals surface area contributed by atoms with Gasteiger partial charge < -0.3 is 15.8 Å². The molecule has 0 aromatic carbocycles. The molecular weight excluding hydrogens is 208 g/mol. The van der Waals surface area contributed by atoms with Gasteiger partial charge >= 0.3 is 0 Å². The molecule has 0 aromatic rings. The minimum Gasteiger partial charge on any atom is -0.377 e. The number of hydrogen-bond donors (Lipinski definition) is 2. The van der Waals surface area contributed by atoms with Crippen LogP contribution in [-0.2, 0) is 4.74 Å². The molecule has 3 unspecified atom stereocenters. The molecule has 0 amide bonds. The predicted octanol–water partition coefficient (Wildman–Crippen LogP) is 0.835. The Hall–Kier alpha value is 0.230. The van der Waals surface area contributed by atoms with Crippen LogP contribution in [0.2, 0.25) is 0 Å². The van der Waals surface area contributed by atoms with Crippen molar-refractivity contribution in [1.82, 2.24) is 5.32 Å². The molecule has 15 heavy (non-hydrogen) atoms. The molecule has 3 atom stereocenters. The Morgan fingerprint density at radius 1 is 1.47 bits per heavy atom. The molecule has 0 aromatic heterocycles. The molecule has 2 heterocycles. The van der Waals surface area contributed by atoms with Crippen molar-refractivity contribution in [2.75, 3.05) is 31.2 Å². The summed E-state index contributed by atoms with van der Waals surface area (Å²) in [6.07, 6.45) is 4.20. The number of ether oxygens (including phenoxy) is 1. The average Bonchev–Trinajstić information content (AvgIpc) is 2.90. The van der Waals surface area contributed by atoms with Gasteiger partial charge in [0.25, 0.3) is 0 Å². The molecule has 4 heteroatoms. The van der Waals surface area contributed by atoms with Crippen molar-refractivity contribution < 1.29 is 4.74 Å². The summed E-state index contributed by atoms with van der Waals surface area (Å²) in [5, 5.41) is 3.59. The first-order valence-corrected chi connectivity index (χ1v) is 7.18. The fourth-order valence-electron chi connectivity index (χ4n) is 2.40. The van der Waals surface area contributed by atoms with Crippen molar-refractivity contribution >= 4 is 11.8 Å². The third-order valence-electron chi connectivity index (χ3n) is 3.42. The van der Waals surface area contributed by atoms with Crippen LogP contribution in [0, 0.1) is 5.92 Å². The van der Waals surface area contributed by atoms with Crippen molar-refractivity contribution in [3.8, 4) is 0 Å². The number of thioether (sulfide) groups is 1. The number of nitrogens with one attached hydrogen (secondary N) is 1. The standard InChI is InChI=1S/C11H22N2OS/c12-6-11(9-3-5-15-8-9)13-7-10-2-1-4-14-10/h9-11,13H,1-8,12H2. The summed E-state index contributed by atoms with van der Waals surface area (Å²) in [5.41, 5.74) is 5.82. The van der Waals surface area contributed by atoms with Gasteiger partial charge in [0.2, 0.25) is 0 Å². The maximum atomic E-state index is 5.82. The Bertz CT molecular complexity index is 179. The smallest absolute Gasteiger partial charge is 0.0700 e. The van der Waals surface area contributed by atoms with Gasteiger partial charge in [-0.25, -0.2) is 0 Å². The third kappa shape index (κ3) is 3.34. The second-order valence-corrected chi connectivity index (χ2v) is 5.66. The van der Waals surface area contributed by atoms with Gasteiger partial charge in [-0.05, 0) is 36.7 Å². The van der Waals surface area contributed by atoms with E-state index in [1.807, 2.05) is 0 Å². The highest BCUT2D eigenvalue weighted by atomic mass is 32.2. The minimum absolute atomic E-state index is 0.438. The van der Waals surface area contributed by atoms with E-state index in [1.54, 1.807) is 0 Å². The topological polar surface area (TPSA) is 47.3 Å². The molecule has 2 aliphatic heterocycles. The minimum atomic E-state index is 0.438. The highest BCUT2D eigenvalue weighted by molar-refractivity contribution is 7.99. The number of rotatable bonds is 5. The molecular formula is C11H22N2OS. The Morgan fingerprint density at radius 3 is 3.00 bits per heavy atom. The van der Waals surface area contributed by atoms with Crippen LogP contribution in [-0.4, -0.2) is 43.3 Å². The van der Waals surface area contributed by atoms with E-state index in [-0.39, 0.29) is 0 Å². The van der Waals surface area contributed by atoms with E-state index >= 15 is 0 Å². The fourth-order valence-corrected chi connectivity index (χ4v) is 3.74. The second kappa shape index (κ2) is 6.09. The van der Waals surface area contributed by atoms with Crippen LogP contribution in [0.1, 0.15) is 19.3 Å². The third-order valence-corrected chi connectivity index (χ3v) is 4.61. The summed E-state index contributed by atoms with van der Waals surface area (Å²) >= 11 is 2.06. The summed E-state index contributed by atoms with van der Waals surface area (Å²) in [6.45, 7) is 2.69. The zero-order chi connectivity index (χ0) is 10.5. The van der Waals surface area contributed by atoms with Crippen molar-refractivity contribution in [2.24, 2.45) is 11.7 Å². The van der Waals surface area contributed by atoms with Gasteiger partial charge in [-0.1, -0.05) is 0 Å². The van der Waals surface area contributed by atoms with E-state index in [0.717, 1.165) is 25.6 Å². The monoisotopic (exact) mass is 230 g/mol. The van der Waals surface area contributed by atoms with Crippen LogP contribution in [0.15, 0.2) is 0 Å². The molecule has 0 radical (unpaired) electrons. The Kier molecular flexibility index (Phi) is 4.75. The Balaban J connectivity index is 1.69. The van der Waals surface area contributed by atoms with E-state index in [4.69, 9.17) is 10.5 Å². The molecule has 0 bridgehead atoms.